The van der Waals surface area contributed by atoms with Crippen molar-refractivity contribution in [1.29, 1.82) is 0 Å². The number of rotatable bonds is 4. The average molecular weight is 377 g/mol. The third kappa shape index (κ3) is 4.65. The smallest absolute Gasteiger partial charge is 0.274 e. The molecule has 3 rings (SSSR count). The van der Waals surface area contributed by atoms with E-state index in [1.807, 2.05) is 0 Å². The Morgan fingerprint density at radius 1 is 1.00 bits per heavy atom. The molecular weight excluding hydrogens is 366 g/mol. The van der Waals surface area contributed by atoms with Crippen molar-refractivity contribution < 1.29 is 9.18 Å². The Labute approximate surface area is 152 Å². The molecule has 1 amide bonds. The van der Waals surface area contributed by atoms with E-state index in [9.17, 15) is 9.18 Å². The second-order valence-electron chi connectivity index (χ2n) is 5.01. The lowest BCUT2D eigenvalue weighted by molar-refractivity contribution is 0.102. The average Bonchev–Trinajstić information content (AvgIpc) is 2.54. The molecule has 126 valence electrons. The van der Waals surface area contributed by atoms with Gasteiger partial charge in [-0.05, 0) is 42.5 Å². The summed E-state index contributed by atoms with van der Waals surface area (Å²) in [6.07, 6.45) is 1.43. The zero-order chi connectivity index (χ0) is 17.8. The lowest BCUT2D eigenvalue weighted by Crippen LogP contribution is -2.14. The number of carbonyl (C=O) groups is 1. The predicted octanol–water partition coefficient (Wildman–Crippen LogP) is 4.92. The number of anilines is 3. The molecule has 0 aliphatic carbocycles. The van der Waals surface area contributed by atoms with E-state index in [-0.39, 0.29) is 11.6 Å². The Bertz CT molecular complexity index is 916. The molecule has 0 radical (unpaired) electrons. The predicted molar refractivity (Wildman–Crippen MR) is 96.1 cm³/mol. The van der Waals surface area contributed by atoms with Crippen LogP contribution in [0.25, 0.3) is 0 Å². The first-order valence-corrected chi connectivity index (χ1v) is 7.88. The first kappa shape index (κ1) is 17.1. The number of hydrogen-bond donors (Lipinski definition) is 2. The molecule has 0 fully saturated rings. The van der Waals surface area contributed by atoms with Gasteiger partial charge in [0.1, 0.15) is 11.5 Å². The highest BCUT2D eigenvalue weighted by atomic mass is 35.5. The van der Waals surface area contributed by atoms with Gasteiger partial charge in [0.15, 0.2) is 0 Å². The summed E-state index contributed by atoms with van der Waals surface area (Å²) in [5.41, 5.74) is 1.04. The van der Waals surface area contributed by atoms with E-state index in [4.69, 9.17) is 23.2 Å². The topological polar surface area (TPSA) is 66.9 Å². The fraction of sp³-hybridized carbons (Fsp3) is 0. The summed E-state index contributed by atoms with van der Waals surface area (Å²) in [4.78, 5) is 20.4. The summed E-state index contributed by atoms with van der Waals surface area (Å²) >= 11 is 11.9. The number of benzene rings is 2. The molecule has 0 saturated carbocycles. The molecule has 8 heteroatoms. The van der Waals surface area contributed by atoms with Crippen LogP contribution >= 0.6 is 23.2 Å². The van der Waals surface area contributed by atoms with Crippen molar-refractivity contribution in [1.82, 2.24) is 9.97 Å². The van der Waals surface area contributed by atoms with E-state index < -0.39 is 11.7 Å². The summed E-state index contributed by atoms with van der Waals surface area (Å²) in [7, 11) is 0. The lowest BCUT2D eigenvalue weighted by Gasteiger charge is -2.08. The largest absolute Gasteiger partial charge is 0.324 e. The zero-order valence-electron chi connectivity index (χ0n) is 12.6. The van der Waals surface area contributed by atoms with Crippen LogP contribution in [0.4, 0.5) is 21.7 Å². The third-order valence-electron chi connectivity index (χ3n) is 3.09. The maximum absolute atomic E-state index is 13.2. The third-order valence-corrected chi connectivity index (χ3v) is 3.53. The van der Waals surface area contributed by atoms with Crippen molar-refractivity contribution in [2.24, 2.45) is 0 Å². The molecule has 1 heterocycles. The summed E-state index contributed by atoms with van der Waals surface area (Å²) in [5, 5.41) is 6.40. The monoisotopic (exact) mass is 376 g/mol. The minimum Gasteiger partial charge on any atom is -0.324 e. The Kier molecular flexibility index (Phi) is 5.11. The molecule has 1 aromatic heterocycles. The second kappa shape index (κ2) is 7.46. The van der Waals surface area contributed by atoms with Crippen molar-refractivity contribution in [3.63, 3.8) is 0 Å². The molecule has 0 aliphatic rings. The van der Waals surface area contributed by atoms with E-state index in [0.717, 1.165) is 0 Å². The molecule has 0 atom stereocenters. The molecule has 5 nitrogen and oxygen atoms in total. The summed E-state index contributed by atoms with van der Waals surface area (Å²) < 4.78 is 13.2. The van der Waals surface area contributed by atoms with Gasteiger partial charge in [-0.25, -0.2) is 14.4 Å². The van der Waals surface area contributed by atoms with Crippen LogP contribution in [0.1, 0.15) is 10.5 Å². The van der Waals surface area contributed by atoms with Gasteiger partial charge in [0.2, 0.25) is 5.95 Å². The maximum Gasteiger partial charge on any atom is 0.274 e. The Morgan fingerprint density at radius 2 is 1.76 bits per heavy atom. The van der Waals surface area contributed by atoms with Crippen LogP contribution in [0.3, 0.4) is 0 Å². The fourth-order valence-electron chi connectivity index (χ4n) is 2.06. The van der Waals surface area contributed by atoms with E-state index in [0.29, 0.717) is 21.4 Å². The quantitative estimate of drug-likeness (QED) is 0.678. The van der Waals surface area contributed by atoms with Crippen molar-refractivity contribution in [3.8, 4) is 0 Å². The van der Waals surface area contributed by atoms with Gasteiger partial charge in [-0.2, -0.15) is 0 Å². The maximum atomic E-state index is 13.2. The van der Waals surface area contributed by atoms with Gasteiger partial charge in [0.25, 0.3) is 5.91 Å². The van der Waals surface area contributed by atoms with Crippen LogP contribution < -0.4 is 10.6 Å². The Morgan fingerprint density at radius 3 is 2.48 bits per heavy atom. The van der Waals surface area contributed by atoms with Gasteiger partial charge in [-0.15, -0.1) is 0 Å². The first-order valence-electron chi connectivity index (χ1n) is 7.13. The normalized spacial score (nSPS) is 10.4. The molecule has 3 aromatic rings. The molecule has 0 saturated heterocycles. The summed E-state index contributed by atoms with van der Waals surface area (Å²) in [6.45, 7) is 0. The molecule has 0 spiro atoms. The summed E-state index contributed by atoms with van der Waals surface area (Å²) in [5.74, 6) is -0.730. The number of nitrogens with zero attached hydrogens (tertiary/aromatic N) is 2. The van der Waals surface area contributed by atoms with Gasteiger partial charge < -0.3 is 10.6 Å². The second-order valence-corrected chi connectivity index (χ2v) is 5.89. The number of nitrogens with one attached hydrogen (secondary N) is 2. The highest BCUT2D eigenvalue weighted by Gasteiger charge is 2.10. The van der Waals surface area contributed by atoms with Gasteiger partial charge in [0.05, 0.1) is 0 Å². The van der Waals surface area contributed by atoms with Crippen LogP contribution in [-0.4, -0.2) is 15.9 Å². The van der Waals surface area contributed by atoms with Gasteiger partial charge in [0, 0.05) is 27.6 Å². The molecule has 2 aromatic carbocycles. The SMILES string of the molecule is O=C(Nc1cccc(F)c1)c1ccnc(Nc2cc(Cl)cc(Cl)c2)n1. The van der Waals surface area contributed by atoms with E-state index in [1.165, 1.54) is 30.5 Å². The van der Waals surface area contributed by atoms with Crippen LogP contribution in [0.5, 0.6) is 0 Å². The molecule has 2 N–H and O–H groups in total. The van der Waals surface area contributed by atoms with Crippen LogP contribution in [0.15, 0.2) is 54.7 Å². The van der Waals surface area contributed by atoms with Crippen LogP contribution in [0, 0.1) is 5.82 Å². The minimum atomic E-state index is -0.486. The van der Waals surface area contributed by atoms with Gasteiger partial charge in [-0.1, -0.05) is 29.3 Å². The molecular formula is C17H11Cl2FN4O. The molecule has 0 bridgehead atoms. The molecule has 25 heavy (non-hydrogen) atoms. The van der Waals surface area contributed by atoms with E-state index in [2.05, 4.69) is 20.6 Å². The Hall–Kier alpha value is -2.70. The van der Waals surface area contributed by atoms with Crippen molar-refractivity contribution in [3.05, 3.63) is 76.3 Å². The number of amides is 1. The van der Waals surface area contributed by atoms with Crippen LogP contribution in [-0.2, 0) is 0 Å². The molecule has 0 aliphatic heterocycles. The molecule has 0 unspecified atom stereocenters. The Balaban J connectivity index is 1.77. The van der Waals surface area contributed by atoms with Crippen molar-refractivity contribution in [2.45, 2.75) is 0 Å². The lowest BCUT2D eigenvalue weighted by atomic mass is 10.3. The van der Waals surface area contributed by atoms with Gasteiger partial charge >= 0.3 is 0 Å². The van der Waals surface area contributed by atoms with E-state index in [1.54, 1.807) is 24.3 Å². The summed E-state index contributed by atoms with van der Waals surface area (Å²) in [6, 6.07) is 11.9. The number of hydrogen-bond acceptors (Lipinski definition) is 4. The highest BCUT2D eigenvalue weighted by Crippen LogP contribution is 2.24. The van der Waals surface area contributed by atoms with Gasteiger partial charge in [-0.3, -0.25) is 4.79 Å². The zero-order valence-corrected chi connectivity index (χ0v) is 14.1. The minimum absolute atomic E-state index is 0.120. The van der Waals surface area contributed by atoms with E-state index >= 15 is 0 Å². The number of halogens is 3. The van der Waals surface area contributed by atoms with Crippen molar-refractivity contribution in [2.75, 3.05) is 10.6 Å². The standard InChI is InChI=1S/C17H11Cl2FN4O/c18-10-6-11(19)8-14(7-10)23-17-21-5-4-15(24-17)16(25)22-13-3-1-2-12(20)9-13/h1-9H,(H,22,25)(H,21,23,24). The van der Waals surface area contributed by atoms with Crippen molar-refractivity contribution >= 4 is 46.4 Å². The highest BCUT2D eigenvalue weighted by molar-refractivity contribution is 6.35. The fourth-order valence-corrected chi connectivity index (χ4v) is 2.59. The van der Waals surface area contributed by atoms with Crippen LogP contribution in [0.2, 0.25) is 10.0 Å². The number of carbonyl (C=O) groups excluding carboxylic acids is 1. The number of aromatic nitrogens is 2. The first-order chi connectivity index (χ1) is 12.0.